The summed E-state index contributed by atoms with van der Waals surface area (Å²) in [6, 6.07) is 10.5. The molecule has 2 aliphatic heterocycles. The van der Waals surface area contributed by atoms with E-state index < -0.39 is 0 Å². The molecule has 2 saturated heterocycles. The fraction of sp³-hybridized carbons (Fsp3) is 0.500. The number of hydrogen-bond donors (Lipinski definition) is 1. The molecule has 1 aromatic carbocycles. The minimum absolute atomic E-state index is 0.0267. The molecule has 2 heterocycles. The molecule has 4 nitrogen and oxygen atoms in total. The van der Waals surface area contributed by atoms with Gasteiger partial charge in [-0.15, -0.1) is 0 Å². The predicted molar refractivity (Wildman–Crippen MR) is 68.0 cm³/mol. The maximum Gasteiger partial charge on any atom is 0.227 e. The van der Waals surface area contributed by atoms with Crippen molar-refractivity contribution in [2.45, 2.75) is 12.6 Å². The van der Waals surface area contributed by atoms with E-state index in [0.29, 0.717) is 13.2 Å². The van der Waals surface area contributed by atoms with E-state index in [1.54, 1.807) is 0 Å². The van der Waals surface area contributed by atoms with Crippen LogP contribution in [0.25, 0.3) is 0 Å². The van der Waals surface area contributed by atoms with Gasteiger partial charge in [-0.25, -0.2) is 0 Å². The first-order chi connectivity index (χ1) is 8.81. The van der Waals surface area contributed by atoms with Crippen LogP contribution in [0.3, 0.4) is 0 Å². The third-order valence-corrected chi connectivity index (χ3v) is 3.56. The van der Waals surface area contributed by atoms with Crippen molar-refractivity contribution in [1.82, 2.24) is 10.2 Å². The molecule has 2 bridgehead atoms. The summed E-state index contributed by atoms with van der Waals surface area (Å²) in [5, 5.41) is 3.05. The topological polar surface area (TPSA) is 41.6 Å². The predicted octanol–water partition coefficient (Wildman–Crippen LogP) is 0.633. The Balaban J connectivity index is 1.72. The number of hydrogen-bond acceptors (Lipinski definition) is 3. The van der Waals surface area contributed by atoms with Crippen molar-refractivity contribution in [1.29, 1.82) is 0 Å². The normalized spacial score (nSPS) is 28.6. The van der Waals surface area contributed by atoms with Crippen LogP contribution in [-0.4, -0.2) is 43.2 Å². The van der Waals surface area contributed by atoms with Crippen molar-refractivity contribution in [3.8, 4) is 0 Å². The lowest BCUT2D eigenvalue weighted by Gasteiger charge is -2.27. The number of carbonyl (C=O) groups is 1. The van der Waals surface area contributed by atoms with Gasteiger partial charge in [-0.1, -0.05) is 30.3 Å². The summed E-state index contributed by atoms with van der Waals surface area (Å²) >= 11 is 0. The van der Waals surface area contributed by atoms with E-state index in [0.717, 1.165) is 19.6 Å². The Kier molecular flexibility index (Phi) is 3.30. The molecule has 0 saturated carbocycles. The first-order valence-electron chi connectivity index (χ1n) is 6.45. The zero-order valence-electron chi connectivity index (χ0n) is 10.3. The van der Waals surface area contributed by atoms with Gasteiger partial charge in [0.1, 0.15) is 0 Å². The van der Waals surface area contributed by atoms with E-state index in [9.17, 15) is 4.79 Å². The Morgan fingerprint density at radius 2 is 2.06 bits per heavy atom. The highest BCUT2D eigenvalue weighted by atomic mass is 16.5. The standard InChI is InChI=1S/C14H18N2O2/c17-14-12-7-16(6-11-4-2-1-3-5-11)8-13(15-14)10-18-9-12/h1-5,12-13H,6-10H2,(H,15,17)/t12-,13+/m1/s1. The molecular formula is C14H18N2O2. The first kappa shape index (κ1) is 11.7. The van der Waals surface area contributed by atoms with Gasteiger partial charge in [0, 0.05) is 19.6 Å². The van der Waals surface area contributed by atoms with E-state index >= 15 is 0 Å². The van der Waals surface area contributed by atoms with Crippen LogP contribution in [0.1, 0.15) is 5.56 Å². The van der Waals surface area contributed by atoms with E-state index in [1.807, 2.05) is 6.07 Å². The highest BCUT2D eigenvalue weighted by Crippen LogP contribution is 2.16. The van der Waals surface area contributed by atoms with Crippen molar-refractivity contribution in [2.75, 3.05) is 26.3 Å². The minimum Gasteiger partial charge on any atom is -0.378 e. The molecule has 0 unspecified atom stereocenters. The fourth-order valence-corrected chi connectivity index (χ4v) is 2.69. The average Bonchev–Trinajstić information content (AvgIpc) is 2.59. The van der Waals surface area contributed by atoms with Crippen molar-refractivity contribution in [3.05, 3.63) is 35.9 Å². The second-order valence-electron chi connectivity index (χ2n) is 5.12. The number of ether oxygens (including phenoxy) is 1. The van der Waals surface area contributed by atoms with Crippen LogP contribution in [-0.2, 0) is 16.1 Å². The smallest absolute Gasteiger partial charge is 0.227 e. The quantitative estimate of drug-likeness (QED) is 0.832. The zero-order valence-corrected chi connectivity index (χ0v) is 10.3. The van der Waals surface area contributed by atoms with Gasteiger partial charge in [-0.05, 0) is 5.56 Å². The number of nitrogens with one attached hydrogen (secondary N) is 1. The molecule has 0 spiro atoms. The van der Waals surface area contributed by atoms with Gasteiger partial charge in [-0.2, -0.15) is 0 Å². The molecule has 18 heavy (non-hydrogen) atoms. The highest BCUT2D eigenvalue weighted by Gasteiger charge is 2.32. The van der Waals surface area contributed by atoms with Crippen molar-refractivity contribution < 1.29 is 9.53 Å². The summed E-state index contributed by atoms with van der Waals surface area (Å²) in [6.07, 6.45) is 0. The number of nitrogens with zero attached hydrogens (tertiary/aromatic N) is 1. The molecule has 0 radical (unpaired) electrons. The fourth-order valence-electron chi connectivity index (χ4n) is 2.69. The number of carbonyl (C=O) groups excluding carboxylic acids is 1. The summed E-state index contributed by atoms with van der Waals surface area (Å²) in [7, 11) is 0. The Labute approximate surface area is 107 Å². The molecule has 4 heteroatoms. The molecule has 1 amide bonds. The molecule has 2 atom stereocenters. The number of fused-ring (bicyclic) bond motifs is 3. The minimum atomic E-state index is -0.0267. The number of rotatable bonds is 2. The lowest BCUT2D eigenvalue weighted by atomic mass is 10.1. The van der Waals surface area contributed by atoms with Gasteiger partial charge >= 0.3 is 0 Å². The Morgan fingerprint density at radius 1 is 1.22 bits per heavy atom. The van der Waals surface area contributed by atoms with Crippen molar-refractivity contribution >= 4 is 5.91 Å². The van der Waals surface area contributed by atoms with Crippen molar-refractivity contribution in [3.63, 3.8) is 0 Å². The molecule has 2 aliphatic rings. The van der Waals surface area contributed by atoms with Gasteiger partial charge in [0.15, 0.2) is 0 Å². The second-order valence-corrected chi connectivity index (χ2v) is 5.12. The summed E-state index contributed by atoms with van der Waals surface area (Å²) in [6.45, 7) is 3.75. The summed E-state index contributed by atoms with van der Waals surface area (Å²) in [5.74, 6) is 0.120. The van der Waals surface area contributed by atoms with Crippen molar-refractivity contribution in [2.24, 2.45) is 5.92 Å². The largest absolute Gasteiger partial charge is 0.378 e. The summed E-state index contributed by atoms with van der Waals surface area (Å²) < 4.78 is 5.52. The van der Waals surface area contributed by atoms with Gasteiger partial charge in [0.2, 0.25) is 5.91 Å². The summed E-state index contributed by atoms with van der Waals surface area (Å²) in [4.78, 5) is 14.2. The molecule has 1 aromatic rings. The van der Waals surface area contributed by atoms with Crippen LogP contribution in [0.4, 0.5) is 0 Å². The monoisotopic (exact) mass is 246 g/mol. The first-order valence-corrected chi connectivity index (χ1v) is 6.45. The van der Waals surface area contributed by atoms with Crippen LogP contribution in [0.15, 0.2) is 30.3 Å². The highest BCUT2D eigenvalue weighted by molar-refractivity contribution is 5.79. The Morgan fingerprint density at radius 3 is 2.89 bits per heavy atom. The van der Waals surface area contributed by atoms with Gasteiger partial charge in [0.25, 0.3) is 0 Å². The van der Waals surface area contributed by atoms with Crippen LogP contribution >= 0.6 is 0 Å². The summed E-state index contributed by atoms with van der Waals surface area (Å²) in [5.41, 5.74) is 1.30. The van der Waals surface area contributed by atoms with Gasteiger partial charge < -0.3 is 10.1 Å². The molecule has 1 N–H and O–H groups in total. The second kappa shape index (κ2) is 5.08. The van der Waals surface area contributed by atoms with E-state index in [4.69, 9.17) is 4.74 Å². The zero-order chi connectivity index (χ0) is 12.4. The molecule has 96 valence electrons. The third kappa shape index (κ3) is 2.54. The maximum absolute atomic E-state index is 11.9. The SMILES string of the molecule is O=C1N[C@@H]2COC[C@H]1CN(Cc1ccccc1)C2. The molecule has 3 rings (SSSR count). The Hall–Kier alpha value is -1.39. The van der Waals surface area contributed by atoms with E-state index in [1.165, 1.54) is 5.56 Å². The third-order valence-electron chi connectivity index (χ3n) is 3.56. The molecular weight excluding hydrogens is 228 g/mol. The maximum atomic E-state index is 11.9. The lowest BCUT2D eigenvalue weighted by molar-refractivity contribution is -0.125. The number of amides is 1. The molecule has 0 aromatic heterocycles. The van der Waals surface area contributed by atoms with Crippen LogP contribution < -0.4 is 5.32 Å². The average molecular weight is 246 g/mol. The lowest BCUT2D eigenvalue weighted by Crippen LogP contribution is -2.41. The van der Waals surface area contributed by atoms with E-state index in [2.05, 4.69) is 34.5 Å². The van der Waals surface area contributed by atoms with E-state index in [-0.39, 0.29) is 17.9 Å². The van der Waals surface area contributed by atoms with Gasteiger partial charge in [0.05, 0.1) is 25.2 Å². The van der Waals surface area contributed by atoms with Crippen LogP contribution in [0, 0.1) is 5.92 Å². The van der Waals surface area contributed by atoms with Crippen LogP contribution in [0.5, 0.6) is 0 Å². The Bertz CT molecular complexity index is 421. The molecule has 0 aliphatic carbocycles. The van der Waals surface area contributed by atoms with Gasteiger partial charge in [-0.3, -0.25) is 9.69 Å². The van der Waals surface area contributed by atoms with Crippen LogP contribution in [0.2, 0.25) is 0 Å². The molecule has 2 fully saturated rings. The number of benzene rings is 1.